The van der Waals surface area contributed by atoms with E-state index in [1.165, 1.54) is 6.07 Å². The van der Waals surface area contributed by atoms with Gasteiger partial charge in [0.15, 0.2) is 6.10 Å². The minimum atomic E-state index is -0.296. The van der Waals surface area contributed by atoms with Gasteiger partial charge in [-0.25, -0.2) is 4.39 Å². The van der Waals surface area contributed by atoms with Crippen LogP contribution < -0.4 is 4.74 Å². The van der Waals surface area contributed by atoms with Crippen molar-refractivity contribution in [3.05, 3.63) is 39.9 Å². The highest BCUT2D eigenvalue weighted by molar-refractivity contribution is 14.1. The van der Waals surface area contributed by atoms with Crippen LogP contribution in [0.15, 0.2) is 30.5 Å². The van der Waals surface area contributed by atoms with Crippen molar-refractivity contribution in [3.63, 3.8) is 0 Å². The zero-order chi connectivity index (χ0) is 12.1. The number of halogens is 2. The molecule has 0 N–H and O–H groups in total. The minimum absolute atomic E-state index is 0.285. The average molecular weight is 336 g/mol. The first-order valence-corrected chi connectivity index (χ1v) is 6.06. The monoisotopic (exact) mass is 336 g/mol. The Bertz CT molecular complexity index is 379. The molecule has 0 amide bonds. The van der Waals surface area contributed by atoms with Gasteiger partial charge in [0.25, 0.3) is 0 Å². The first kappa shape index (κ1) is 13.3. The van der Waals surface area contributed by atoms with Crippen molar-refractivity contribution < 1.29 is 13.9 Å². The Morgan fingerprint density at radius 3 is 2.88 bits per heavy atom. The third-order valence-electron chi connectivity index (χ3n) is 2.00. The summed E-state index contributed by atoms with van der Waals surface area (Å²) in [6.07, 6.45) is -0.296. The van der Waals surface area contributed by atoms with Crippen molar-refractivity contribution in [3.8, 4) is 5.75 Å². The van der Waals surface area contributed by atoms with Crippen molar-refractivity contribution in [1.29, 1.82) is 0 Å². The average Bonchev–Trinajstić information content (AvgIpc) is 2.25. The van der Waals surface area contributed by atoms with Gasteiger partial charge in [0.1, 0.15) is 17.3 Å². The molecule has 1 atom stereocenters. The van der Waals surface area contributed by atoms with E-state index in [0.717, 1.165) is 0 Å². The molecule has 0 aliphatic heterocycles. The molecule has 0 heterocycles. The Morgan fingerprint density at radius 1 is 1.56 bits per heavy atom. The molecule has 0 fully saturated rings. The highest BCUT2D eigenvalue weighted by Crippen LogP contribution is 2.25. The minimum Gasteiger partial charge on any atom is -0.495 e. The van der Waals surface area contributed by atoms with E-state index >= 15 is 0 Å². The van der Waals surface area contributed by atoms with Gasteiger partial charge in [-0.2, -0.15) is 0 Å². The Kier molecular flexibility index (Phi) is 5.05. The molecule has 1 aromatic rings. The largest absolute Gasteiger partial charge is 0.495 e. The maximum Gasteiger partial charge on any atom is 0.152 e. The fraction of sp³-hybridized carbons (Fsp3) is 0.333. The number of rotatable bonds is 5. The van der Waals surface area contributed by atoms with Crippen LogP contribution in [-0.2, 0) is 4.74 Å². The summed E-state index contributed by atoms with van der Waals surface area (Å²) in [4.78, 5) is 0. The molecule has 0 unspecified atom stereocenters. The van der Waals surface area contributed by atoms with Gasteiger partial charge in [-0.3, -0.25) is 0 Å². The first-order chi connectivity index (χ1) is 7.56. The number of hydrogen-bond acceptors (Lipinski definition) is 2. The fourth-order valence-corrected chi connectivity index (χ4v) is 1.62. The summed E-state index contributed by atoms with van der Waals surface area (Å²) in [5.74, 6) is 0.767. The van der Waals surface area contributed by atoms with Gasteiger partial charge in [0, 0.05) is 0 Å². The normalized spacial score (nSPS) is 12.0. The highest BCUT2D eigenvalue weighted by atomic mass is 127. The standard InChI is InChI=1S/C12H14FIO2/c1-4-15-8(2)9(3)16-11-7-5-6-10(13)12(11)14/h5-7,9H,2,4H2,1,3H3/t9-/m1/s1. The first-order valence-electron chi connectivity index (χ1n) is 4.98. The summed E-state index contributed by atoms with van der Waals surface area (Å²) >= 11 is 1.91. The molecule has 0 saturated carbocycles. The lowest BCUT2D eigenvalue weighted by atomic mass is 10.3. The maximum atomic E-state index is 13.2. The van der Waals surface area contributed by atoms with Gasteiger partial charge in [-0.15, -0.1) is 0 Å². The summed E-state index contributed by atoms with van der Waals surface area (Å²) in [6, 6.07) is 4.74. The van der Waals surface area contributed by atoms with E-state index in [2.05, 4.69) is 6.58 Å². The molecular weight excluding hydrogens is 322 g/mol. The van der Waals surface area contributed by atoms with Crippen molar-refractivity contribution in [2.45, 2.75) is 20.0 Å². The Hall–Kier alpha value is -0.780. The molecule has 4 heteroatoms. The lowest BCUT2D eigenvalue weighted by molar-refractivity contribution is 0.134. The molecule has 16 heavy (non-hydrogen) atoms. The van der Waals surface area contributed by atoms with Gasteiger partial charge in [-0.05, 0) is 48.6 Å². The molecule has 1 aromatic carbocycles. The van der Waals surface area contributed by atoms with E-state index in [1.54, 1.807) is 12.1 Å². The summed E-state index contributed by atoms with van der Waals surface area (Å²) in [6.45, 7) is 7.99. The van der Waals surface area contributed by atoms with Gasteiger partial charge in [0.2, 0.25) is 0 Å². The molecule has 1 rings (SSSR count). The summed E-state index contributed by atoms with van der Waals surface area (Å²) < 4.78 is 24.5. The van der Waals surface area contributed by atoms with Crippen LogP contribution in [0.25, 0.3) is 0 Å². The molecular formula is C12H14FIO2. The molecule has 0 radical (unpaired) electrons. The zero-order valence-electron chi connectivity index (χ0n) is 9.30. The zero-order valence-corrected chi connectivity index (χ0v) is 11.5. The van der Waals surface area contributed by atoms with Crippen molar-refractivity contribution >= 4 is 22.6 Å². The third-order valence-corrected chi connectivity index (χ3v) is 3.05. The molecule has 88 valence electrons. The predicted molar refractivity (Wildman–Crippen MR) is 70.0 cm³/mol. The number of benzene rings is 1. The molecule has 0 aliphatic carbocycles. The highest BCUT2D eigenvalue weighted by Gasteiger charge is 2.13. The van der Waals surface area contributed by atoms with E-state index in [9.17, 15) is 4.39 Å². The fourth-order valence-electron chi connectivity index (χ4n) is 1.13. The van der Waals surface area contributed by atoms with Crippen LogP contribution in [0.5, 0.6) is 5.75 Å². The lowest BCUT2D eigenvalue weighted by Gasteiger charge is -2.18. The molecule has 0 aromatic heterocycles. The Labute approximate surface area is 109 Å². The topological polar surface area (TPSA) is 18.5 Å². The Balaban J connectivity index is 2.73. The van der Waals surface area contributed by atoms with Crippen LogP contribution in [-0.4, -0.2) is 12.7 Å². The third kappa shape index (κ3) is 3.37. The van der Waals surface area contributed by atoms with E-state index < -0.39 is 0 Å². The summed E-state index contributed by atoms with van der Waals surface area (Å²) in [5.41, 5.74) is 0. The molecule has 0 spiro atoms. The molecule has 0 bridgehead atoms. The summed E-state index contributed by atoms with van der Waals surface area (Å²) in [5, 5.41) is 0. The summed E-state index contributed by atoms with van der Waals surface area (Å²) in [7, 11) is 0. The van der Waals surface area contributed by atoms with E-state index in [0.29, 0.717) is 21.7 Å². The van der Waals surface area contributed by atoms with Crippen LogP contribution in [0.3, 0.4) is 0 Å². The van der Waals surface area contributed by atoms with Gasteiger partial charge in [0.05, 0.1) is 10.2 Å². The smallest absolute Gasteiger partial charge is 0.152 e. The van der Waals surface area contributed by atoms with E-state index in [4.69, 9.17) is 9.47 Å². The van der Waals surface area contributed by atoms with E-state index in [1.807, 2.05) is 36.4 Å². The lowest BCUT2D eigenvalue weighted by Crippen LogP contribution is -2.17. The van der Waals surface area contributed by atoms with Crippen molar-refractivity contribution in [2.24, 2.45) is 0 Å². The Morgan fingerprint density at radius 2 is 2.25 bits per heavy atom. The van der Waals surface area contributed by atoms with Gasteiger partial charge in [-0.1, -0.05) is 12.6 Å². The molecule has 0 saturated heterocycles. The van der Waals surface area contributed by atoms with Crippen LogP contribution in [0.2, 0.25) is 0 Å². The van der Waals surface area contributed by atoms with Crippen LogP contribution in [0.4, 0.5) is 4.39 Å². The number of hydrogen-bond donors (Lipinski definition) is 0. The van der Waals surface area contributed by atoms with Crippen LogP contribution in [0.1, 0.15) is 13.8 Å². The van der Waals surface area contributed by atoms with Crippen LogP contribution in [0, 0.1) is 9.39 Å². The second-order valence-corrected chi connectivity index (χ2v) is 4.29. The van der Waals surface area contributed by atoms with Crippen molar-refractivity contribution in [1.82, 2.24) is 0 Å². The van der Waals surface area contributed by atoms with Crippen LogP contribution >= 0.6 is 22.6 Å². The SMILES string of the molecule is C=C(OCC)[C@@H](C)Oc1cccc(F)c1I. The molecule has 0 aliphatic rings. The van der Waals surface area contributed by atoms with Crippen molar-refractivity contribution in [2.75, 3.05) is 6.61 Å². The predicted octanol–water partition coefficient (Wildman–Crippen LogP) is 3.75. The number of ether oxygens (including phenoxy) is 2. The second-order valence-electron chi connectivity index (χ2n) is 3.21. The van der Waals surface area contributed by atoms with Gasteiger partial charge >= 0.3 is 0 Å². The quantitative estimate of drug-likeness (QED) is 0.602. The molecule has 2 nitrogen and oxygen atoms in total. The second kappa shape index (κ2) is 6.08. The van der Waals surface area contributed by atoms with E-state index in [-0.39, 0.29) is 11.9 Å². The van der Waals surface area contributed by atoms with Gasteiger partial charge < -0.3 is 9.47 Å². The maximum absolute atomic E-state index is 13.2.